The van der Waals surface area contributed by atoms with Gasteiger partial charge in [-0.3, -0.25) is 0 Å². The maximum Gasteiger partial charge on any atom is -0.00994 e. The van der Waals surface area contributed by atoms with E-state index in [1.165, 1.54) is 12.2 Å². The van der Waals surface area contributed by atoms with E-state index in [1.807, 2.05) is 27.7 Å². The molecule has 0 atom stereocenters. The van der Waals surface area contributed by atoms with Crippen LogP contribution in [0.5, 0.6) is 0 Å². The highest BCUT2D eigenvalue weighted by atomic mass is 32.2. The van der Waals surface area contributed by atoms with Gasteiger partial charge in [0.25, 0.3) is 0 Å². The molecule has 0 unspecified atom stereocenters. The third-order valence-electron chi connectivity index (χ3n) is 1.08. The normalized spacial score (nSPS) is 17.5. The van der Waals surface area contributed by atoms with E-state index in [1.54, 1.807) is 0 Å². The highest BCUT2D eigenvalue weighted by Gasteiger charge is 1.95. The largest absolute Gasteiger partial charge is 0.194 e. The van der Waals surface area contributed by atoms with E-state index >= 15 is 0 Å². The van der Waals surface area contributed by atoms with Crippen molar-refractivity contribution in [2.24, 2.45) is 0 Å². The summed E-state index contributed by atoms with van der Waals surface area (Å²) in [4.78, 5) is 0. The highest BCUT2D eigenvalue weighted by Crippen LogP contribution is 2.27. The summed E-state index contributed by atoms with van der Waals surface area (Å²) in [5, 5.41) is 2.16. The Morgan fingerprint density at radius 2 is 1.55 bits per heavy atom. The predicted octanol–water partition coefficient (Wildman–Crippen LogP) is 3.62. The summed E-state index contributed by atoms with van der Waals surface area (Å²) in [5.41, 5.74) is 0. The van der Waals surface area contributed by atoms with Crippen LogP contribution in [0.2, 0.25) is 0 Å². The van der Waals surface area contributed by atoms with Crippen molar-refractivity contribution < 1.29 is 0 Å². The van der Waals surface area contributed by atoms with Crippen LogP contribution in [0, 0.1) is 0 Å². The zero-order valence-electron chi connectivity index (χ0n) is 8.39. The minimum Gasteiger partial charge on any atom is -0.194 e. The fourth-order valence-corrected chi connectivity index (χ4v) is 1.93. The number of allylic oxidation sites excluding steroid dienone is 1. The van der Waals surface area contributed by atoms with Gasteiger partial charge in [-0.1, -0.05) is 45.5 Å². The van der Waals surface area contributed by atoms with Gasteiger partial charge < -0.3 is 0 Å². The molecule has 0 aromatic heterocycles. The molecule has 0 amide bonds. The minimum absolute atomic E-state index is 0.727. The summed E-state index contributed by atoms with van der Waals surface area (Å²) in [6, 6.07) is 0. The lowest BCUT2D eigenvalue weighted by Crippen LogP contribution is -1.70. The van der Waals surface area contributed by atoms with Crippen LogP contribution in [0.15, 0.2) is 11.5 Å². The summed E-state index contributed by atoms with van der Waals surface area (Å²) in [6.45, 7) is 8.00. The van der Waals surface area contributed by atoms with Gasteiger partial charge in [-0.05, 0) is 17.6 Å². The van der Waals surface area contributed by atoms with E-state index in [0.717, 1.165) is 0 Å². The third-order valence-corrected chi connectivity index (χ3v) is 2.89. The van der Waals surface area contributed by atoms with Gasteiger partial charge in [0, 0.05) is 0 Å². The third kappa shape index (κ3) is 7.73. The lowest BCUT2D eigenvalue weighted by atomic mass is 10.5. The molecule has 0 aliphatic carbocycles. The topological polar surface area (TPSA) is 0 Å². The molecule has 0 fully saturated rings. The summed E-state index contributed by atoms with van der Waals surface area (Å²) in [6.07, 6.45) is 3.37. The summed E-state index contributed by atoms with van der Waals surface area (Å²) in [5.74, 6) is 9.11. The van der Waals surface area contributed by atoms with Crippen molar-refractivity contribution in [2.45, 2.75) is 34.1 Å². The highest BCUT2D eigenvalue weighted by molar-refractivity contribution is 8.30. The Balaban J connectivity index is 0. The molecular formula is C10H22S. The van der Waals surface area contributed by atoms with Crippen LogP contribution in [0.1, 0.15) is 34.1 Å². The van der Waals surface area contributed by atoms with Gasteiger partial charge >= 0.3 is 0 Å². The van der Waals surface area contributed by atoms with Gasteiger partial charge in [-0.15, -0.1) is 0 Å². The first-order valence-electron chi connectivity index (χ1n) is 4.34. The number of hydrogen-bond acceptors (Lipinski definition) is 0. The average molecular weight is 174 g/mol. The number of hydrogen-bond donors (Lipinski definition) is 0. The van der Waals surface area contributed by atoms with Crippen molar-refractivity contribution in [1.82, 2.24) is 0 Å². The molecule has 68 valence electrons. The first-order valence-corrected chi connectivity index (χ1v) is 6.55. The van der Waals surface area contributed by atoms with E-state index in [0.29, 0.717) is 0 Å². The van der Waals surface area contributed by atoms with E-state index in [-0.39, 0.29) is 0 Å². The van der Waals surface area contributed by atoms with E-state index in [4.69, 9.17) is 0 Å². The van der Waals surface area contributed by atoms with Crippen molar-refractivity contribution in [3.05, 3.63) is 11.5 Å². The Bertz CT molecular complexity index is 171. The van der Waals surface area contributed by atoms with Gasteiger partial charge in [0.2, 0.25) is 0 Å². The first kappa shape index (κ1) is 13.4. The smallest absolute Gasteiger partial charge is 0.00994 e. The Morgan fingerprint density at radius 1 is 1.09 bits per heavy atom. The van der Waals surface area contributed by atoms with Crippen LogP contribution in [0.4, 0.5) is 0 Å². The van der Waals surface area contributed by atoms with Crippen LogP contribution in [-0.2, 0) is 0 Å². The quantitative estimate of drug-likeness (QED) is 0.492. The number of rotatable bonds is 0. The molecule has 11 heavy (non-hydrogen) atoms. The van der Waals surface area contributed by atoms with E-state index < -0.39 is 9.21 Å². The SMILES string of the molecule is C=S1(=C)C=CCC1.CC.CC. The minimum atomic E-state index is -0.727. The van der Waals surface area contributed by atoms with Crippen LogP contribution >= 0.6 is 9.21 Å². The van der Waals surface area contributed by atoms with Crippen molar-refractivity contribution in [3.63, 3.8) is 0 Å². The molecule has 0 spiro atoms. The van der Waals surface area contributed by atoms with Crippen molar-refractivity contribution in [3.8, 4) is 0 Å². The second kappa shape index (κ2) is 7.93. The van der Waals surface area contributed by atoms with Crippen molar-refractivity contribution >= 4 is 20.9 Å². The standard InChI is InChI=1S/C6H10S.2C2H6/c1-7(2)5-3-4-6-7;2*1-2/h3,5H,1-2,4,6H2;2*1-2H3. The summed E-state index contributed by atoms with van der Waals surface area (Å²) < 4.78 is 0. The van der Waals surface area contributed by atoms with Gasteiger partial charge in [-0.25, -0.2) is 0 Å². The Morgan fingerprint density at radius 3 is 1.64 bits per heavy atom. The molecule has 1 aliphatic heterocycles. The monoisotopic (exact) mass is 174 g/mol. The Kier molecular flexibility index (Phi) is 9.68. The van der Waals surface area contributed by atoms with E-state index in [2.05, 4.69) is 23.2 Å². The fraction of sp³-hybridized carbons (Fsp3) is 0.600. The predicted molar refractivity (Wildman–Crippen MR) is 63.2 cm³/mol. The molecule has 0 radical (unpaired) electrons. The van der Waals surface area contributed by atoms with Gasteiger partial charge in [-0.2, -0.15) is 9.21 Å². The zero-order valence-corrected chi connectivity index (χ0v) is 9.21. The van der Waals surface area contributed by atoms with Gasteiger partial charge in [0.1, 0.15) is 0 Å². The van der Waals surface area contributed by atoms with Crippen LogP contribution in [0.25, 0.3) is 0 Å². The molecule has 0 saturated heterocycles. The molecule has 1 rings (SSSR count). The van der Waals surface area contributed by atoms with Gasteiger partial charge in [0.15, 0.2) is 0 Å². The van der Waals surface area contributed by atoms with Crippen molar-refractivity contribution in [1.29, 1.82) is 0 Å². The molecule has 0 nitrogen and oxygen atoms in total. The zero-order chi connectivity index (χ0) is 9.33. The molecule has 0 bridgehead atoms. The van der Waals surface area contributed by atoms with E-state index in [9.17, 15) is 0 Å². The second-order valence-electron chi connectivity index (χ2n) is 1.98. The lowest BCUT2D eigenvalue weighted by Gasteiger charge is -1.95. The summed E-state index contributed by atoms with van der Waals surface area (Å²) in [7, 11) is -0.727. The molecule has 1 heteroatoms. The molecule has 0 saturated carbocycles. The second-order valence-corrected chi connectivity index (χ2v) is 4.88. The lowest BCUT2D eigenvalue weighted by molar-refractivity contribution is 1.28. The molecule has 0 aromatic carbocycles. The molecule has 0 aromatic rings. The first-order chi connectivity index (χ1) is 5.21. The maximum atomic E-state index is 3.95. The molecule has 0 N–H and O–H groups in total. The Labute approximate surface area is 72.8 Å². The molecular weight excluding hydrogens is 152 g/mol. The maximum absolute atomic E-state index is 3.95. The van der Waals surface area contributed by atoms with Crippen LogP contribution in [0.3, 0.4) is 0 Å². The van der Waals surface area contributed by atoms with Crippen molar-refractivity contribution in [2.75, 3.05) is 5.75 Å². The average Bonchev–Trinajstić information content (AvgIpc) is 2.43. The van der Waals surface area contributed by atoms with Crippen LogP contribution in [-0.4, -0.2) is 17.5 Å². The summed E-state index contributed by atoms with van der Waals surface area (Å²) >= 11 is 0. The molecule has 1 aliphatic rings. The molecule has 1 heterocycles. The Hall–Kier alpha value is -0.170. The van der Waals surface area contributed by atoms with Crippen LogP contribution < -0.4 is 0 Å². The van der Waals surface area contributed by atoms with Gasteiger partial charge in [0.05, 0.1) is 0 Å². The fourth-order valence-electron chi connectivity index (χ4n) is 0.643.